The van der Waals surface area contributed by atoms with Crippen LogP contribution in [0, 0.1) is 17.0 Å². The fourth-order valence-corrected chi connectivity index (χ4v) is 1.38. The number of carbonyl (C=O) groups is 1. The first-order valence-electron chi connectivity index (χ1n) is 4.99. The maximum atomic E-state index is 12.5. The Hall–Kier alpha value is -2.12. The molecule has 0 amide bonds. The SMILES string of the molecule is CCOC(=O)c1nc(C(F)F)cc(C)c1[N+](=O)[O-]. The van der Waals surface area contributed by atoms with E-state index in [0.29, 0.717) is 0 Å². The Bertz CT molecular complexity index is 491. The van der Waals surface area contributed by atoms with E-state index < -0.39 is 34.4 Å². The first-order valence-corrected chi connectivity index (χ1v) is 4.99. The number of nitrogens with zero attached hydrogens (tertiary/aromatic N) is 2. The van der Waals surface area contributed by atoms with Gasteiger partial charge in [0, 0.05) is 5.56 Å². The molecule has 0 aliphatic heterocycles. The van der Waals surface area contributed by atoms with Crippen molar-refractivity contribution in [1.29, 1.82) is 0 Å². The molecule has 98 valence electrons. The summed E-state index contributed by atoms with van der Waals surface area (Å²) in [5.41, 5.74) is -2.07. The standard InChI is InChI=1S/C10H10F2N2O4/c1-3-18-10(15)7-8(14(16)17)5(2)4-6(13-7)9(11)12/h4,9H,3H2,1-2H3. The molecule has 0 aliphatic carbocycles. The number of nitro groups is 1. The summed E-state index contributed by atoms with van der Waals surface area (Å²) in [6.07, 6.45) is -2.92. The second-order valence-electron chi connectivity index (χ2n) is 3.34. The zero-order valence-electron chi connectivity index (χ0n) is 9.65. The average Bonchev–Trinajstić information content (AvgIpc) is 2.27. The van der Waals surface area contributed by atoms with Crippen molar-refractivity contribution in [3.8, 4) is 0 Å². The molecule has 0 radical (unpaired) electrons. The van der Waals surface area contributed by atoms with Gasteiger partial charge in [-0.05, 0) is 19.9 Å². The average molecular weight is 260 g/mol. The number of alkyl halides is 2. The van der Waals surface area contributed by atoms with E-state index in [1.165, 1.54) is 13.8 Å². The highest BCUT2D eigenvalue weighted by Gasteiger charge is 2.28. The van der Waals surface area contributed by atoms with E-state index in [1.54, 1.807) is 0 Å². The minimum absolute atomic E-state index is 0.0321. The van der Waals surface area contributed by atoms with Gasteiger partial charge in [-0.1, -0.05) is 0 Å². The van der Waals surface area contributed by atoms with Crippen molar-refractivity contribution >= 4 is 11.7 Å². The minimum atomic E-state index is -2.92. The van der Waals surface area contributed by atoms with Crippen molar-refractivity contribution in [1.82, 2.24) is 4.98 Å². The normalized spacial score (nSPS) is 10.5. The Balaban J connectivity index is 3.42. The number of esters is 1. The highest BCUT2D eigenvalue weighted by Crippen LogP contribution is 2.27. The Labute approximate surface area is 101 Å². The molecule has 0 unspecified atom stereocenters. The largest absolute Gasteiger partial charge is 0.461 e. The van der Waals surface area contributed by atoms with E-state index in [1.807, 2.05) is 0 Å². The predicted octanol–water partition coefficient (Wildman–Crippen LogP) is 2.41. The van der Waals surface area contributed by atoms with Crippen LogP contribution in [0.2, 0.25) is 0 Å². The van der Waals surface area contributed by atoms with Gasteiger partial charge >= 0.3 is 11.7 Å². The summed E-state index contributed by atoms with van der Waals surface area (Å²) >= 11 is 0. The summed E-state index contributed by atoms with van der Waals surface area (Å²) in [5, 5.41) is 10.8. The number of aromatic nitrogens is 1. The van der Waals surface area contributed by atoms with Gasteiger partial charge in [0.25, 0.3) is 6.43 Å². The summed E-state index contributed by atoms with van der Waals surface area (Å²) in [6, 6.07) is 0.880. The van der Waals surface area contributed by atoms with Crippen LogP contribution in [-0.2, 0) is 4.74 Å². The van der Waals surface area contributed by atoms with Gasteiger partial charge in [-0.3, -0.25) is 10.1 Å². The van der Waals surface area contributed by atoms with E-state index in [4.69, 9.17) is 0 Å². The Morgan fingerprint density at radius 3 is 2.67 bits per heavy atom. The number of hydrogen-bond donors (Lipinski definition) is 0. The highest BCUT2D eigenvalue weighted by molar-refractivity contribution is 5.92. The number of rotatable bonds is 4. The number of halogens is 2. The number of ether oxygens (including phenoxy) is 1. The van der Waals surface area contributed by atoms with E-state index in [2.05, 4.69) is 9.72 Å². The lowest BCUT2D eigenvalue weighted by Crippen LogP contribution is -2.13. The van der Waals surface area contributed by atoms with Gasteiger partial charge in [0.05, 0.1) is 11.5 Å². The monoisotopic (exact) mass is 260 g/mol. The van der Waals surface area contributed by atoms with Crippen LogP contribution in [0.1, 0.15) is 35.1 Å². The number of aryl methyl sites for hydroxylation is 1. The van der Waals surface area contributed by atoms with Gasteiger partial charge in [0.1, 0.15) is 5.69 Å². The number of carbonyl (C=O) groups excluding carboxylic acids is 1. The van der Waals surface area contributed by atoms with Crippen molar-refractivity contribution in [2.75, 3.05) is 6.61 Å². The van der Waals surface area contributed by atoms with Gasteiger partial charge < -0.3 is 4.74 Å². The van der Waals surface area contributed by atoms with Crippen molar-refractivity contribution < 1.29 is 23.2 Å². The molecule has 1 aromatic heterocycles. The Morgan fingerprint density at radius 1 is 1.61 bits per heavy atom. The first-order chi connectivity index (χ1) is 8.38. The lowest BCUT2D eigenvalue weighted by molar-refractivity contribution is -0.386. The molecule has 8 heteroatoms. The van der Waals surface area contributed by atoms with Gasteiger partial charge in [-0.15, -0.1) is 0 Å². The molecule has 0 saturated carbocycles. The smallest absolute Gasteiger partial charge is 0.364 e. The van der Waals surface area contributed by atoms with E-state index in [0.717, 1.165) is 6.07 Å². The van der Waals surface area contributed by atoms with Crippen LogP contribution in [0.4, 0.5) is 14.5 Å². The molecule has 0 atom stereocenters. The molecule has 0 bridgehead atoms. The second-order valence-corrected chi connectivity index (χ2v) is 3.34. The zero-order chi connectivity index (χ0) is 13.9. The van der Waals surface area contributed by atoms with Gasteiger partial charge in [-0.25, -0.2) is 18.6 Å². The fourth-order valence-electron chi connectivity index (χ4n) is 1.38. The van der Waals surface area contributed by atoms with Crippen LogP contribution in [0.3, 0.4) is 0 Å². The molecule has 6 nitrogen and oxygen atoms in total. The summed E-state index contributed by atoms with van der Waals surface area (Å²) in [6.45, 7) is 2.72. The van der Waals surface area contributed by atoms with Crippen LogP contribution < -0.4 is 0 Å². The predicted molar refractivity (Wildman–Crippen MR) is 56.5 cm³/mol. The van der Waals surface area contributed by atoms with E-state index in [9.17, 15) is 23.7 Å². The minimum Gasteiger partial charge on any atom is -0.461 e. The summed E-state index contributed by atoms with van der Waals surface area (Å²) in [4.78, 5) is 24.7. The molecule has 0 aromatic carbocycles. The van der Waals surface area contributed by atoms with E-state index in [-0.39, 0.29) is 12.2 Å². The third-order valence-electron chi connectivity index (χ3n) is 2.08. The van der Waals surface area contributed by atoms with Crippen molar-refractivity contribution in [3.63, 3.8) is 0 Å². The lowest BCUT2D eigenvalue weighted by Gasteiger charge is -2.07. The summed E-state index contributed by atoms with van der Waals surface area (Å²) in [5.74, 6) is -1.09. The van der Waals surface area contributed by atoms with Crippen LogP contribution in [-0.4, -0.2) is 22.5 Å². The highest BCUT2D eigenvalue weighted by atomic mass is 19.3. The van der Waals surface area contributed by atoms with Crippen molar-refractivity contribution in [3.05, 3.63) is 33.1 Å². The summed E-state index contributed by atoms with van der Waals surface area (Å²) < 4.78 is 29.6. The quantitative estimate of drug-likeness (QED) is 0.471. The molecule has 18 heavy (non-hydrogen) atoms. The maximum absolute atomic E-state index is 12.5. The zero-order valence-corrected chi connectivity index (χ0v) is 9.65. The molecule has 0 N–H and O–H groups in total. The fraction of sp³-hybridized carbons (Fsp3) is 0.400. The maximum Gasteiger partial charge on any atom is 0.364 e. The Kier molecular flexibility index (Phi) is 4.24. The molecule has 1 rings (SSSR count). The lowest BCUT2D eigenvalue weighted by atomic mass is 10.1. The topological polar surface area (TPSA) is 82.3 Å². The van der Waals surface area contributed by atoms with Crippen LogP contribution in [0.15, 0.2) is 6.07 Å². The van der Waals surface area contributed by atoms with Gasteiger partial charge in [0.15, 0.2) is 0 Å². The molecule has 1 aromatic rings. The summed E-state index contributed by atoms with van der Waals surface area (Å²) in [7, 11) is 0. The number of pyridine rings is 1. The molecule has 0 spiro atoms. The Morgan fingerprint density at radius 2 is 2.22 bits per heavy atom. The third-order valence-corrected chi connectivity index (χ3v) is 2.08. The molecular weight excluding hydrogens is 250 g/mol. The second kappa shape index (κ2) is 5.48. The molecule has 0 saturated heterocycles. The van der Waals surface area contributed by atoms with Crippen LogP contribution in [0.25, 0.3) is 0 Å². The first kappa shape index (κ1) is 13.9. The van der Waals surface area contributed by atoms with Crippen molar-refractivity contribution in [2.24, 2.45) is 0 Å². The molecule has 0 aliphatic rings. The van der Waals surface area contributed by atoms with Gasteiger partial charge in [0.2, 0.25) is 5.69 Å². The third kappa shape index (κ3) is 2.76. The number of hydrogen-bond acceptors (Lipinski definition) is 5. The van der Waals surface area contributed by atoms with Gasteiger partial charge in [-0.2, -0.15) is 0 Å². The molecule has 0 fully saturated rings. The van der Waals surface area contributed by atoms with Crippen molar-refractivity contribution in [2.45, 2.75) is 20.3 Å². The van der Waals surface area contributed by atoms with Crippen LogP contribution >= 0.6 is 0 Å². The van der Waals surface area contributed by atoms with Crippen LogP contribution in [0.5, 0.6) is 0 Å². The molecule has 1 heterocycles. The van der Waals surface area contributed by atoms with E-state index >= 15 is 0 Å². The molecular formula is C10H10F2N2O4.